The number of halogens is 1. The number of ether oxygens (including phenoxy) is 4. The zero-order valence-electron chi connectivity index (χ0n) is 42.6. The predicted octanol–water partition coefficient (Wildman–Crippen LogP) is 12.6. The van der Waals surface area contributed by atoms with Gasteiger partial charge in [-0.3, -0.25) is 9.69 Å². The lowest BCUT2D eigenvalue weighted by molar-refractivity contribution is -0.155. The van der Waals surface area contributed by atoms with E-state index in [0.29, 0.717) is 47.2 Å². The second-order valence-electron chi connectivity index (χ2n) is 18.6. The van der Waals surface area contributed by atoms with Crippen molar-refractivity contribution in [2.45, 2.75) is 73.0 Å². The van der Waals surface area contributed by atoms with E-state index in [1.807, 2.05) is 131 Å². The second-order valence-corrected chi connectivity index (χ2v) is 19.0. The number of aliphatic carboxylic acids is 1. The number of hydrogen-bond acceptors (Lipinski definition) is 13. The summed E-state index contributed by atoms with van der Waals surface area (Å²) in [5, 5.41) is 17.5. The molecule has 1 N–H and O–H groups in total. The Morgan fingerprint density at radius 2 is 1.25 bits per heavy atom. The number of methoxy groups -OCH3 is 2. The molecule has 73 heavy (non-hydrogen) atoms. The van der Waals surface area contributed by atoms with E-state index in [1.165, 1.54) is 11.1 Å². The fraction of sp³-hybridized carbons (Fsp3) is 0.276. The molecular weight excluding hydrogens is 946 g/mol. The summed E-state index contributed by atoms with van der Waals surface area (Å²) in [6, 6.07) is 41.7. The van der Waals surface area contributed by atoms with Crippen LogP contribution in [-0.2, 0) is 48.3 Å². The Bertz CT molecular complexity index is 3160. The number of hydrogen-bond donors (Lipinski definition) is 1. The summed E-state index contributed by atoms with van der Waals surface area (Å²) in [7, 11) is 5.24. The highest BCUT2D eigenvalue weighted by Crippen LogP contribution is 2.36. The van der Waals surface area contributed by atoms with Crippen molar-refractivity contribution in [2.75, 3.05) is 34.4 Å². The van der Waals surface area contributed by atoms with Crippen molar-refractivity contribution in [3.8, 4) is 67.9 Å². The smallest absolute Gasteiger partial charge is 0.329 e. The number of carboxylic acid groups (broad SMARTS) is 1. The lowest BCUT2D eigenvalue weighted by Crippen LogP contribution is -2.32. The number of benzene rings is 6. The third kappa shape index (κ3) is 14.2. The molecule has 8 aromatic rings. The molecule has 2 aromatic heterocycles. The summed E-state index contributed by atoms with van der Waals surface area (Å²) < 4.78 is 32.8. The van der Waals surface area contributed by atoms with Gasteiger partial charge in [-0.15, -0.1) is 0 Å². The molecule has 6 aromatic carbocycles. The molecule has 1 atom stereocenters. The van der Waals surface area contributed by atoms with E-state index in [4.69, 9.17) is 44.7 Å². The highest BCUT2D eigenvalue weighted by Gasteiger charge is 2.21. The van der Waals surface area contributed by atoms with E-state index in [2.05, 4.69) is 70.5 Å². The van der Waals surface area contributed by atoms with Crippen LogP contribution in [0.25, 0.3) is 67.9 Å². The van der Waals surface area contributed by atoms with Crippen LogP contribution < -0.4 is 0 Å². The molecule has 0 saturated carbocycles. The third-order valence-electron chi connectivity index (χ3n) is 11.7. The number of carbonyl (C=O) groups is 2. The number of esters is 1. The maximum Gasteiger partial charge on any atom is 0.329 e. The molecule has 1 unspecified atom stereocenters. The first-order valence-electron chi connectivity index (χ1n) is 23.7. The van der Waals surface area contributed by atoms with Gasteiger partial charge in [-0.2, -0.15) is 9.97 Å². The minimum atomic E-state index is -0.995. The van der Waals surface area contributed by atoms with Crippen LogP contribution in [0.5, 0.6) is 0 Å². The predicted molar refractivity (Wildman–Crippen MR) is 281 cm³/mol. The van der Waals surface area contributed by atoms with E-state index in [0.717, 1.165) is 61.2 Å². The number of rotatable bonds is 18. The molecule has 0 amide bonds. The molecule has 0 radical (unpaired) electrons. The Balaban J connectivity index is 0.000000216. The van der Waals surface area contributed by atoms with Crippen LogP contribution in [0, 0.1) is 13.8 Å². The van der Waals surface area contributed by atoms with Crippen molar-refractivity contribution in [3.05, 3.63) is 166 Å². The van der Waals surface area contributed by atoms with Gasteiger partial charge in [0.1, 0.15) is 12.2 Å². The molecule has 8 rings (SSSR count). The number of nitrogens with zero attached hydrogens (tertiary/aromatic N) is 5. The second kappa shape index (κ2) is 24.4. The average Bonchev–Trinajstić information content (AvgIpc) is 4.06. The number of aromatic nitrogens is 4. The van der Waals surface area contributed by atoms with E-state index in [-0.39, 0.29) is 31.8 Å². The van der Waals surface area contributed by atoms with Crippen molar-refractivity contribution in [1.29, 1.82) is 0 Å². The van der Waals surface area contributed by atoms with Gasteiger partial charge >= 0.3 is 11.9 Å². The fourth-order valence-corrected chi connectivity index (χ4v) is 8.42. The topological polar surface area (TPSA) is 172 Å². The SMILES string of the molecule is COC(C)c1cc(-c2nc(-c3ccc(COCC(=O)O)cc3)no2)ccc1-c1ccccc1C.COCc1cc(-c2nc(-c3ccc(CN(C)CC(=O)OC(C)(C)C)cc3Cl)no2)ccc1-c1ccccc1C. The molecule has 0 saturated heterocycles. The first-order valence-corrected chi connectivity index (χ1v) is 24.0. The van der Waals surface area contributed by atoms with Crippen LogP contribution >= 0.6 is 11.6 Å². The molecule has 0 aliphatic carbocycles. The molecule has 0 fully saturated rings. The van der Waals surface area contributed by atoms with Gasteiger partial charge in [0.25, 0.3) is 11.8 Å². The maximum atomic E-state index is 12.1. The number of likely N-dealkylation sites (N-methyl/N-ethyl adjacent to an activating group) is 1. The van der Waals surface area contributed by atoms with Crippen LogP contribution in [0.2, 0.25) is 5.02 Å². The molecule has 2 heterocycles. The highest BCUT2D eigenvalue weighted by atomic mass is 35.5. The van der Waals surface area contributed by atoms with Crippen molar-refractivity contribution in [3.63, 3.8) is 0 Å². The number of carboxylic acids is 1. The molecule has 0 bridgehead atoms. The summed E-state index contributed by atoms with van der Waals surface area (Å²) in [5.74, 6) is 0.427. The van der Waals surface area contributed by atoms with E-state index in [1.54, 1.807) is 14.2 Å². The summed E-state index contributed by atoms with van der Waals surface area (Å²) >= 11 is 6.62. The quantitative estimate of drug-likeness (QED) is 0.0805. The van der Waals surface area contributed by atoms with Crippen LogP contribution in [0.4, 0.5) is 0 Å². The minimum Gasteiger partial charge on any atom is -0.480 e. The Hall–Kier alpha value is -7.33. The Kier molecular flexibility index (Phi) is 17.9. The van der Waals surface area contributed by atoms with Crippen LogP contribution in [-0.4, -0.2) is 82.2 Å². The normalized spacial score (nSPS) is 11.8. The third-order valence-corrected chi connectivity index (χ3v) is 12.0. The first-order chi connectivity index (χ1) is 35.0. The van der Waals surface area contributed by atoms with Gasteiger partial charge in [0.2, 0.25) is 11.6 Å². The van der Waals surface area contributed by atoms with Crippen molar-refractivity contribution in [1.82, 2.24) is 25.2 Å². The van der Waals surface area contributed by atoms with Gasteiger partial charge < -0.3 is 33.1 Å². The van der Waals surface area contributed by atoms with Gasteiger partial charge in [0.05, 0.1) is 30.9 Å². The summed E-state index contributed by atoms with van der Waals surface area (Å²) in [5.41, 5.74) is 13.4. The Morgan fingerprint density at radius 1 is 0.685 bits per heavy atom. The van der Waals surface area contributed by atoms with Crippen molar-refractivity contribution < 1.29 is 42.7 Å². The van der Waals surface area contributed by atoms with Crippen LogP contribution in [0.3, 0.4) is 0 Å². The first kappa shape index (κ1) is 53.5. The van der Waals surface area contributed by atoms with Crippen LogP contribution in [0.1, 0.15) is 67.2 Å². The van der Waals surface area contributed by atoms with E-state index >= 15 is 0 Å². The Labute approximate surface area is 430 Å². The number of aryl methyl sites for hydroxylation is 2. The number of carbonyl (C=O) groups excluding carboxylic acids is 1. The molecule has 0 spiro atoms. The minimum absolute atomic E-state index is 0.118. The lowest BCUT2D eigenvalue weighted by Gasteiger charge is -2.22. The average molecular weight is 1010 g/mol. The maximum absolute atomic E-state index is 12.1. The van der Waals surface area contributed by atoms with E-state index < -0.39 is 11.6 Å². The highest BCUT2D eigenvalue weighted by molar-refractivity contribution is 6.33. The van der Waals surface area contributed by atoms with Gasteiger partial charge in [-0.05, 0) is 141 Å². The zero-order valence-corrected chi connectivity index (χ0v) is 43.3. The molecule has 378 valence electrons. The Morgan fingerprint density at radius 3 is 1.85 bits per heavy atom. The van der Waals surface area contributed by atoms with Crippen LogP contribution in [0.15, 0.2) is 136 Å². The monoisotopic (exact) mass is 1010 g/mol. The molecule has 0 aliphatic rings. The summed E-state index contributed by atoms with van der Waals surface area (Å²) in [6.07, 6.45) is -0.118. The lowest BCUT2D eigenvalue weighted by atomic mass is 9.92. The van der Waals surface area contributed by atoms with Crippen molar-refractivity contribution >= 4 is 23.5 Å². The summed E-state index contributed by atoms with van der Waals surface area (Å²) in [4.78, 5) is 33.8. The molecule has 0 aliphatic heterocycles. The zero-order chi connectivity index (χ0) is 52.2. The largest absolute Gasteiger partial charge is 0.480 e. The summed E-state index contributed by atoms with van der Waals surface area (Å²) in [6.45, 7) is 12.8. The van der Waals surface area contributed by atoms with Gasteiger partial charge in [0, 0.05) is 43.0 Å². The van der Waals surface area contributed by atoms with Gasteiger partial charge in [-0.1, -0.05) is 113 Å². The van der Waals surface area contributed by atoms with Crippen molar-refractivity contribution in [2.24, 2.45) is 0 Å². The fourth-order valence-electron chi connectivity index (χ4n) is 8.13. The molecule has 14 nitrogen and oxygen atoms in total. The molecule has 15 heteroatoms. The van der Waals surface area contributed by atoms with Gasteiger partial charge in [0.15, 0.2) is 0 Å². The van der Waals surface area contributed by atoms with Gasteiger partial charge in [-0.25, -0.2) is 4.79 Å². The molecular formula is C58H60ClN5O9. The van der Waals surface area contributed by atoms with E-state index in [9.17, 15) is 9.59 Å². The standard InChI is InChI=1S/C31H34ClN3O4.C27H26N2O5/c1-20-9-7-8-10-24(20)25-14-12-22(16-23(25)19-37-6)30-33-29(34-39-30)26-13-11-21(15-27(26)32)17-35(5)18-28(36)38-31(2,3)4;1-17-6-4-5-7-22(17)23-13-12-21(14-24(23)18(2)32-3)27-28-26(29-34-27)20-10-8-19(9-11-20)15-33-16-25(30)31/h7-16H,17-19H2,1-6H3;4-14,18H,15-16H2,1-3H3,(H,30,31).